The van der Waals surface area contributed by atoms with E-state index < -0.39 is 0 Å². The summed E-state index contributed by atoms with van der Waals surface area (Å²) in [6.45, 7) is 5.92. The van der Waals surface area contributed by atoms with Crippen molar-refractivity contribution in [3.05, 3.63) is 22.3 Å². The summed E-state index contributed by atoms with van der Waals surface area (Å²) in [6.07, 6.45) is 3.05. The quantitative estimate of drug-likeness (QED) is 0.774. The van der Waals surface area contributed by atoms with Crippen LogP contribution in [0.3, 0.4) is 0 Å². The highest BCUT2D eigenvalue weighted by Crippen LogP contribution is 2.27. The molecule has 0 bridgehead atoms. The van der Waals surface area contributed by atoms with Gasteiger partial charge in [0.15, 0.2) is 0 Å². The SMILES string of the molecule is ClCc1cc(Br)cnc1N1CCC(N2CCOCC2)C1. The Bertz CT molecular complexity index is 468. The van der Waals surface area contributed by atoms with Crippen molar-refractivity contribution in [3.8, 4) is 0 Å². The molecule has 0 spiro atoms. The number of hydrogen-bond donors (Lipinski definition) is 0. The van der Waals surface area contributed by atoms with Crippen molar-refractivity contribution in [1.82, 2.24) is 9.88 Å². The Labute approximate surface area is 133 Å². The molecule has 0 saturated carbocycles. The van der Waals surface area contributed by atoms with Crippen LogP contribution in [-0.2, 0) is 10.6 Å². The lowest BCUT2D eigenvalue weighted by atomic mass is 10.2. The Morgan fingerprint density at radius 3 is 2.90 bits per heavy atom. The third-order valence-electron chi connectivity index (χ3n) is 4.08. The maximum Gasteiger partial charge on any atom is 0.133 e. The molecule has 0 radical (unpaired) electrons. The Balaban J connectivity index is 1.70. The van der Waals surface area contributed by atoms with Gasteiger partial charge in [0, 0.05) is 48.5 Å². The fourth-order valence-electron chi connectivity index (χ4n) is 3.03. The number of halogens is 2. The summed E-state index contributed by atoms with van der Waals surface area (Å²) in [5, 5.41) is 0. The lowest BCUT2D eigenvalue weighted by Gasteiger charge is -2.32. The largest absolute Gasteiger partial charge is 0.379 e. The maximum atomic E-state index is 6.05. The van der Waals surface area contributed by atoms with Crippen LogP contribution in [0.2, 0.25) is 0 Å². The summed E-state index contributed by atoms with van der Waals surface area (Å²) in [4.78, 5) is 9.47. The van der Waals surface area contributed by atoms with E-state index in [2.05, 4.69) is 36.8 Å². The molecule has 3 heterocycles. The highest BCUT2D eigenvalue weighted by Gasteiger charge is 2.30. The van der Waals surface area contributed by atoms with Crippen LogP contribution in [0.25, 0.3) is 0 Å². The summed E-state index contributed by atoms with van der Waals surface area (Å²) in [5.41, 5.74) is 1.10. The van der Waals surface area contributed by atoms with Gasteiger partial charge in [-0.1, -0.05) is 0 Å². The molecule has 0 aromatic carbocycles. The lowest BCUT2D eigenvalue weighted by Crippen LogP contribution is -2.44. The van der Waals surface area contributed by atoms with Crippen molar-refractivity contribution >= 4 is 33.3 Å². The number of hydrogen-bond acceptors (Lipinski definition) is 4. The zero-order valence-corrected chi connectivity index (χ0v) is 13.7. The molecule has 1 unspecified atom stereocenters. The van der Waals surface area contributed by atoms with Gasteiger partial charge in [-0.25, -0.2) is 4.98 Å². The van der Waals surface area contributed by atoms with Crippen molar-refractivity contribution < 1.29 is 4.74 Å². The van der Waals surface area contributed by atoms with Crippen molar-refractivity contribution in [2.45, 2.75) is 18.3 Å². The van der Waals surface area contributed by atoms with Gasteiger partial charge in [0.05, 0.1) is 19.1 Å². The third-order valence-corrected chi connectivity index (χ3v) is 4.80. The zero-order chi connectivity index (χ0) is 13.9. The molecule has 2 saturated heterocycles. The fourth-order valence-corrected chi connectivity index (χ4v) is 3.61. The van der Waals surface area contributed by atoms with E-state index in [9.17, 15) is 0 Å². The zero-order valence-electron chi connectivity index (χ0n) is 11.4. The minimum atomic E-state index is 0.500. The predicted octanol–water partition coefficient (Wildman–Crippen LogP) is 2.49. The van der Waals surface area contributed by atoms with E-state index >= 15 is 0 Å². The second-order valence-electron chi connectivity index (χ2n) is 5.31. The van der Waals surface area contributed by atoms with Gasteiger partial charge in [0.1, 0.15) is 5.82 Å². The molecule has 20 heavy (non-hydrogen) atoms. The normalized spacial score (nSPS) is 24.3. The standard InChI is InChI=1S/C14H19BrClN3O/c15-12-7-11(8-16)14(17-9-12)19-2-1-13(10-19)18-3-5-20-6-4-18/h7,9,13H,1-6,8,10H2. The van der Waals surface area contributed by atoms with Crippen LogP contribution in [0.4, 0.5) is 5.82 Å². The van der Waals surface area contributed by atoms with Crippen molar-refractivity contribution in [2.24, 2.45) is 0 Å². The predicted molar refractivity (Wildman–Crippen MR) is 84.5 cm³/mol. The van der Waals surface area contributed by atoms with E-state index in [0.717, 1.165) is 55.2 Å². The Kier molecular flexibility index (Phi) is 4.81. The maximum absolute atomic E-state index is 6.05. The minimum Gasteiger partial charge on any atom is -0.379 e. The van der Waals surface area contributed by atoms with Gasteiger partial charge in [-0.05, 0) is 28.4 Å². The third kappa shape index (κ3) is 3.11. The minimum absolute atomic E-state index is 0.500. The molecule has 1 atom stereocenters. The van der Waals surface area contributed by atoms with Crippen LogP contribution < -0.4 is 4.90 Å². The van der Waals surface area contributed by atoms with E-state index in [4.69, 9.17) is 16.3 Å². The van der Waals surface area contributed by atoms with E-state index in [1.54, 1.807) is 0 Å². The topological polar surface area (TPSA) is 28.6 Å². The summed E-state index contributed by atoms with van der Waals surface area (Å²) in [7, 11) is 0. The summed E-state index contributed by atoms with van der Waals surface area (Å²) < 4.78 is 6.42. The number of aromatic nitrogens is 1. The first-order chi connectivity index (χ1) is 9.78. The Morgan fingerprint density at radius 1 is 1.35 bits per heavy atom. The lowest BCUT2D eigenvalue weighted by molar-refractivity contribution is 0.0209. The van der Waals surface area contributed by atoms with Crippen LogP contribution in [0, 0.1) is 0 Å². The van der Waals surface area contributed by atoms with Crippen LogP contribution in [0.1, 0.15) is 12.0 Å². The first kappa shape index (κ1) is 14.6. The van der Waals surface area contributed by atoms with Crippen molar-refractivity contribution in [1.29, 1.82) is 0 Å². The summed E-state index contributed by atoms with van der Waals surface area (Å²) in [6, 6.07) is 2.68. The molecular formula is C14H19BrClN3O. The molecular weight excluding hydrogens is 342 g/mol. The van der Waals surface area contributed by atoms with Crippen LogP contribution >= 0.6 is 27.5 Å². The monoisotopic (exact) mass is 359 g/mol. The van der Waals surface area contributed by atoms with Crippen molar-refractivity contribution in [2.75, 3.05) is 44.3 Å². The van der Waals surface area contributed by atoms with Crippen molar-refractivity contribution in [3.63, 3.8) is 0 Å². The molecule has 0 aliphatic carbocycles. The van der Waals surface area contributed by atoms with Gasteiger partial charge in [0.25, 0.3) is 0 Å². The molecule has 2 aliphatic rings. The molecule has 2 fully saturated rings. The van der Waals surface area contributed by atoms with Gasteiger partial charge in [-0.3, -0.25) is 4.90 Å². The first-order valence-electron chi connectivity index (χ1n) is 7.05. The average molecular weight is 361 g/mol. The number of anilines is 1. The Morgan fingerprint density at radius 2 is 2.15 bits per heavy atom. The highest BCUT2D eigenvalue weighted by molar-refractivity contribution is 9.10. The molecule has 1 aromatic heterocycles. The second kappa shape index (κ2) is 6.60. The van der Waals surface area contributed by atoms with Gasteiger partial charge in [0.2, 0.25) is 0 Å². The molecule has 6 heteroatoms. The highest BCUT2D eigenvalue weighted by atomic mass is 79.9. The smallest absolute Gasteiger partial charge is 0.133 e. The molecule has 1 aromatic rings. The molecule has 2 aliphatic heterocycles. The van der Waals surface area contributed by atoms with Crippen LogP contribution in [-0.4, -0.2) is 55.3 Å². The van der Waals surface area contributed by atoms with Gasteiger partial charge in [-0.15, -0.1) is 11.6 Å². The van der Waals surface area contributed by atoms with Crippen LogP contribution in [0.5, 0.6) is 0 Å². The number of morpholine rings is 1. The first-order valence-corrected chi connectivity index (χ1v) is 8.38. The molecule has 110 valence electrons. The van der Waals surface area contributed by atoms with Crippen LogP contribution in [0.15, 0.2) is 16.7 Å². The second-order valence-corrected chi connectivity index (χ2v) is 6.49. The van der Waals surface area contributed by atoms with E-state index in [-0.39, 0.29) is 0 Å². The molecule has 0 amide bonds. The number of pyridine rings is 1. The summed E-state index contributed by atoms with van der Waals surface area (Å²) in [5.74, 6) is 1.54. The van der Waals surface area contributed by atoms with E-state index in [0.29, 0.717) is 11.9 Å². The number of alkyl halides is 1. The van der Waals surface area contributed by atoms with E-state index in [1.165, 1.54) is 6.42 Å². The number of nitrogens with zero attached hydrogens (tertiary/aromatic N) is 3. The fraction of sp³-hybridized carbons (Fsp3) is 0.643. The summed E-state index contributed by atoms with van der Waals surface area (Å²) >= 11 is 9.51. The number of rotatable bonds is 3. The van der Waals surface area contributed by atoms with Gasteiger partial charge >= 0.3 is 0 Å². The Hall–Kier alpha value is -0.360. The molecule has 0 N–H and O–H groups in total. The molecule has 3 rings (SSSR count). The van der Waals surface area contributed by atoms with Gasteiger partial charge < -0.3 is 9.64 Å². The van der Waals surface area contributed by atoms with E-state index in [1.807, 2.05) is 6.20 Å². The number of ether oxygens (including phenoxy) is 1. The van der Waals surface area contributed by atoms with Gasteiger partial charge in [-0.2, -0.15) is 0 Å². The average Bonchev–Trinajstić information content (AvgIpc) is 2.97. The molecule has 4 nitrogen and oxygen atoms in total.